The van der Waals surface area contributed by atoms with Crippen LogP contribution in [0.5, 0.6) is 0 Å². The molecule has 2 N–H and O–H groups in total. The van der Waals surface area contributed by atoms with Crippen LogP contribution in [0.2, 0.25) is 0 Å². The average molecular weight is 220 g/mol. The third-order valence-corrected chi connectivity index (χ3v) is 1.57. The van der Waals surface area contributed by atoms with Gasteiger partial charge in [-0.1, -0.05) is 13.8 Å². The highest BCUT2D eigenvalue weighted by Crippen LogP contribution is 2.13. The number of hydrogen-bond acceptors (Lipinski definition) is 4. The monoisotopic (exact) mass is 220 g/mol. The molecule has 0 bridgehead atoms. The van der Waals surface area contributed by atoms with E-state index >= 15 is 0 Å². The summed E-state index contributed by atoms with van der Waals surface area (Å²) in [4.78, 5) is 0. The van der Waals surface area contributed by atoms with Crippen molar-refractivity contribution in [2.45, 2.75) is 52.4 Å². The van der Waals surface area contributed by atoms with Crippen molar-refractivity contribution in [3.63, 3.8) is 0 Å². The fourth-order valence-electron chi connectivity index (χ4n) is 1.04. The topological polar surface area (TPSA) is 73.0 Å². The van der Waals surface area contributed by atoms with Crippen molar-refractivity contribution in [3.8, 4) is 0 Å². The van der Waals surface area contributed by atoms with Crippen molar-refractivity contribution in [3.05, 3.63) is 0 Å². The highest BCUT2D eigenvalue weighted by molar-refractivity contribution is 4.64. The molecule has 0 heterocycles. The van der Waals surface area contributed by atoms with E-state index in [-0.39, 0.29) is 0 Å². The molecule has 5 nitrogen and oxygen atoms in total. The van der Waals surface area contributed by atoms with E-state index in [2.05, 4.69) is 5.32 Å². The third-order valence-electron chi connectivity index (χ3n) is 1.57. The van der Waals surface area contributed by atoms with E-state index in [1.807, 2.05) is 13.8 Å². The Labute approximate surface area is 91.4 Å². The number of hydrogen-bond donors (Lipinski definition) is 2. The predicted octanol–water partition coefficient (Wildman–Crippen LogP) is 0.776. The second-order valence-corrected chi connectivity index (χ2v) is 3.68. The summed E-state index contributed by atoms with van der Waals surface area (Å²) in [6.07, 6.45) is 1.53. The quantitative estimate of drug-likeness (QED) is 0.593. The highest BCUT2D eigenvalue weighted by Gasteiger charge is 2.34. The van der Waals surface area contributed by atoms with Gasteiger partial charge in [-0.15, -0.1) is 5.32 Å². The maximum absolute atomic E-state index is 9.65. The lowest BCUT2D eigenvalue weighted by molar-refractivity contribution is -0.307. The van der Waals surface area contributed by atoms with Crippen LogP contribution in [0.3, 0.4) is 0 Å². The minimum absolute atomic E-state index is 0.375. The van der Waals surface area contributed by atoms with Crippen LogP contribution >= 0.6 is 0 Å². The van der Waals surface area contributed by atoms with Gasteiger partial charge in [0, 0.05) is 13.8 Å². The molecule has 0 fully saturated rings. The number of rotatable bonds is 8. The Hall–Kier alpha value is -0.200. The van der Waals surface area contributed by atoms with Crippen molar-refractivity contribution < 1.29 is 19.7 Å². The summed E-state index contributed by atoms with van der Waals surface area (Å²) in [5, 5.41) is 23.0. The predicted molar refractivity (Wildman–Crippen MR) is 55.9 cm³/mol. The molecule has 0 saturated carbocycles. The van der Waals surface area contributed by atoms with E-state index in [1.165, 1.54) is 13.8 Å². The molecule has 0 saturated heterocycles. The van der Waals surface area contributed by atoms with Gasteiger partial charge in [-0.25, -0.2) is 0 Å². The summed E-state index contributed by atoms with van der Waals surface area (Å²) >= 11 is 0. The first-order valence-corrected chi connectivity index (χ1v) is 5.29. The average Bonchev–Trinajstić information content (AvgIpc) is 2.10. The molecule has 0 rings (SSSR count). The number of nitrogens with zero attached hydrogens (tertiary/aromatic N) is 1. The molecule has 0 aliphatic carbocycles. The van der Waals surface area contributed by atoms with E-state index in [0.717, 1.165) is 12.8 Å². The fraction of sp³-hybridized carbons (Fsp3) is 1.00. The van der Waals surface area contributed by atoms with E-state index in [1.54, 1.807) is 0 Å². The van der Waals surface area contributed by atoms with Gasteiger partial charge in [-0.2, -0.15) is 0 Å². The second kappa shape index (κ2) is 6.40. The van der Waals surface area contributed by atoms with E-state index in [9.17, 15) is 10.2 Å². The van der Waals surface area contributed by atoms with Gasteiger partial charge in [0.05, 0.1) is 13.2 Å². The molecular formula is C10H22NO4. The molecule has 0 aromatic heterocycles. The molecule has 2 atom stereocenters. The Morgan fingerprint density at radius 3 is 1.53 bits per heavy atom. The van der Waals surface area contributed by atoms with E-state index < -0.39 is 11.8 Å². The minimum atomic E-state index is -1.72. The lowest BCUT2D eigenvalue weighted by Crippen LogP contribution is -2.52. The van der Waals surface area contributed by atoms with Gasteiger partial charge in [0.2, 0.25) is 11.8 Å². The van der Waals surface area contributed by atoms with Crippen LogP contribution in [0.25, 0.3) is 0 Å². The summed E-state index contributed by atoms with van der Waals surface area (Å²) in [5.74, 6) is -3.43. The van der Waals surface area contributed by atoms with Crippen molar-refractivity contribution in [1.29, 1.82) is 0 Å². The van der Waals surface area contributed by atoms with Crippen molar-refractivity contribution in [2.75, 3.05) is 13.2 Å². The maximum Gasteiger partial charge on any atom is 0.242 e. The zero-order valence-electron chi connectivity index (χ0n) is 9.99. The van der Waals surface area contributed by atoms with Crippen molar-refractivity contribution in [2.24, 2.45) is 0 Å². The Morgan fingerprint density at radius 2 is 1.27 bits per heavy atom. The van der Waals surface area contributed by atoms with Gasteiger partial charge in [-0.05, 0) is 12.8 Å². The Balaban J connectivity index is 4.04. The molecule has 0 aliphatic rings. The van der Waals surface area contributed by atoms with Gasteiger partial charge < -0.3 is 19.7 Å². The Morgan fingerprint density at radius 1 is 0.933 bits per heavy atom. The second-order valence-electron chi connectivity index (χ2n) is 3.68. The Bertz CT molecular complexity index is 153. The van der Waals surface area contributed by atoms with Crippen LogP contribution in [0.15, 0.2) is 0 Å². The van der Waals surface area contributed by atoms with Crippen LogP contribution < -0.4 is 5.32 Å². The number of aliphatic hydroxyl groups is 2. The van der Waals surface area contributed by atoms with Crippen molar-refractivity contribution >= 4 is 0 Å². The first kappa shape index (κ1) is 14.8. The molecule has 1 radical (unpaired) electrons. The van der Waals surface area contributed by atoms with Crippen LogP contribution in [-0.2, 0) is 9.47 Å². The zero-order chi connectivity index (χ0) is 11.9. The maximum atomic E-state index is 9.65. The summed E-state index contributed by atoms with van der Waals surface area (Å²) in [6.45, 7) is 7.32. The molecule has 0 spiro atoms. The summed E-state index contributed by atoms with van der Waals surface area (Å²) in [6, 6.07) is 0. The Kier molecular flexibility index (Phi) is 6.31. The van der Waals surface area contributed by atoms with Crippen LogP contribution in [0, 0.1) is 0 Å². The summed E-state index contributed by atoms with van der Waals surface area (Å²) in [5.41, 5.74) is 0. The molecule has 0 aliphatic heterocycles. The SMILES string of the molecule is CCCOC(C)(O)[N]C(C)(O)OCCC. The molecule has 15 heavy (non-hydrogen) atoms. The lowest BCUT2D eigenvalue weighted by atomic mass is 10.4. The summed E-state index contributed by atoms with van der Waals surface area (Å²) in [7, 11) is 0. The lowest BCUT2D eigenvalue weighted by Gasteiger charge is -2.31. The number of ether oxygens (including phenoxy) is 2. The molecule has 2 unspecified atom stereocenters. The molecule has 5 heteroatoms. The van der Waals surface area contributed by atoms with Crippen LogP contribution in [0.4, 0.5) is 0 Å². The van der Waals surface area contributed by atoms with Crippen LogP contribution in [-0.4, -0.2) is 35.2 Å². The largest absolute Gasteiger partial charge is 0.352 e. The van der Waals surface area contributed by atoms with Gasteiger partial charge in [0.15, 0.2) is 0 Å². The van der Waals surface area contributed by atoms with Crippen molar-refractivity contribution in [1.82, 2.24) is 5.32 Å². The standard InChI is InChI=1S/C10H22NO4/c1-5-7-14-9(3,12)11-10(4,13)15-8-6-2/h12-13H,5-8H2,1-4H3. The normalized spacial score (nSPS) is 19.6. The van der Waals surface area contributed by atoms with Gasteiger partial charge in [-0.3, -0.25) is 0 Å². The fourth-order valence-corrected chi connectivity index (χ4v) is 1.04. The van der Waals surface area contributed by atoms with Gasteiger partial charge in [0.25, 0.3) is 0 Å². The summed E-state index contributed by atoms with van der Waals surface area (Å²) < 4.78 is 10.1. The third kappa shape index (κ3) is 7.70. The highest BCUT2D eigenvalue weighted by atomic mass is 16.7. The zero-order valence-corrected chi connectivity index (χ0v) is 9.99. The minimum Gasteiger partial charge on any atom is -0.352 e. The van der Waals surface area contributed by atoms with E-state index in [0.29, 0.717) is 13.2 Å². The first-order chi connectivity index (χ1) is 6.83. The van der Waals surface area contributed by atoms with E-state index in [4.69, 9.17) is 9.47 Å². The first-order valence-electron chi connectivity index (χ1n) is 5.29. The molecule has 0 amide bonds. The molecule has 0 aromatic carbocycles. The molecular weight excluding hydrogens is 198 g/mol. The molecule has 91 valence electrons. The smallest absolute Gasteiger partial charge is 0.242 e. The molecule has 0 aromatic rings. The van der Waals surface area contributed by atoms with Crippen LogP contribution in [0.1, 0.15) is 40.5 Å². The van der Waals surface area contributed by atoms with Gasteiger partial charge in [0.1, 0.15) is 0 Å². The van der Waals surface area contributed by atoms with Gasteiger partial charge >= 0.3 is 0 Å².